The molecule has 1 aromatic heterocycles. The molecule has 0 aliphatic rings. The lowest BCUT2D eigenvalue weighted by atomic mass is 10.2. The number of hydrogen-bond donors (Lipinski definition) is 3. The zero-order chi connectivity index (χ0) is 15.4. The van der Waals surface area contributed by atoms with Gasteiger partial charge in [0.25, 0.3) is 0 Å². The van der Waals surface area contributed by atoms with E-state index in [2.05, 4.69) is 5.32 Å². The number of carboxylic acids is 1. The molecule has 0 fully saturated rings. The minimum Gasteiger partial charge on any atom is -0.483 e. The monoisotopic (exact) mass is 306 g/mol. The molecule has 0 unspecified atom stereocenters. The first kappa shape index (κ1) is 14.9. The number of ether oxygens (including phenoxy) is 1. The summed E-state index contributed by atoms with van der Waals surface area (Å²) in [6, 6.07) is 8.43. The van der Waals surface area contributed by atoms with Crippen molar-refractivity contribution >= 4 is 29.0 Å². The molecule has 0 saturated carbocycles. The average molecular weight is 306 g/mol. The number of benzene rings is 1. The number of nitrogens with one attached hydrogen (secondary N) is 1. The van der Waals surface area contributed by atoms with Crippen LogP contribution in [0.1, 0.15) is 21.9 Å². The number of aryl methyl sites for hydroxylation is 1. The second-order valence-electron chi connectivity index (χ2n) is 4.35. The molecule has 2 rings (SSSR count). The summed E-state index contributed by atoms with van der Waals surface area (Å²) >= 11 is 4.82. The summed E-state index contributed by atoms with van der Waals surface area (Å²) in [5.74, 6) is -0.290. The molecular formula is C14H14N2O4S. The van der Waals surface area contributed by atoms with Gasteiger partial charge >= 0.3 is 5.97 Å². The van der Waals surface area contributed by atoms with Crippen LogP contribution >= 0.6 is 12.2 Å². The summed E-state index contributed by atoms with van der Waals surface area (Å²) in [6.45, 7) is 2.03. The van der Waals surface area contributed by atoms with Gasteiger partial charge in [0.2, 0.25) is 5.76 Å². The van der Waals surface area contributed by atoms with Crippen LogP contribution in [0.15, 0.2) is 34.7 Å². The Morgan fingerprint density at radius 2 is 2.19 bits per heavy atom. The quantitative estimate of drug-likeness (QED) is 0.730. The minimum atomic E-state index is -1.12. The second kappa shape index (κ2) is 6.27. The molecule has 0 bridgehead atoms. The number of carbonyl (C=O) groups is 1. The molecule has 0 aliphatic heterocycles. The van der Waals surface area contributed by atoms with E-state index in [1.165, 1.54) is 6.07 Å². The van der Waals surface area contributed by atoms with Gasteiger partial charge < -0.3 is 25.3 Å². The highest BCUT2D eigenvalue weighted by Gasteiger charge is 2.10. The molecule has 110 valence electrons. The van der Waals surface area contributed by atoms with E-state index in [-0.39, 0.29) is 17.5 Å². The Labute approximate surface area is 126 Å². The van der Waals surface area contributed by atoms with Crippen LogP contribution < -0.4 is 15.8 Å². The van der Waals surface area contributed by atoms with E-state index in [4.69, 9.17) is 32.2 Å². The molecule has 0 radical (unpaired) electrons. The van der Waals surface area contributed by atoms with Crippen molar-refractivity contribution in [1.29, 1.82) is 0 Å². The summed E-state index contributed by atoms with van der Waals surface area (Å²) in [5, 5.41) is 11.8. The maximum Gasteiger partial charge on any atom is 0.371 e. The van der Waals surface area contributed by atoms with E-state index in [9.17, 15) is 4.79 Å². The van der Waals surface area contributed by atoms with Crippen molar-refractivity contribution in [3.8, 4) is 5.75 Å². The van der Waals surface area contributed by atoms with E-state index in [1.807, 2.05) is 19.1 Å². The predicted octanol–water partition coefficient (Wildman–Crippen LogP) is 2.52. The molecule has 2 aromatic rings. The van der Waals surface area contributed by atoms with Gasteiger partial charge in [0, 0.05) is 0 Å². The van der Waals surface area contributed by atoms with Crippen molar-refractivity contribution in [2.75, 3.05) is 5.32 Å². The van der Waals surface area contributed by atoms with Crippen LogP contribution in [0.25, 0.3) is 0 Å². The fourth-order valence-corrected chi connectivity index (χ4v) is 1.83. The minimum absolute atomic E-state index is 0.0996. The van der Waals surface area contributed by atoms with Crippen LogP contribution in [0.4, 0.5) is 5.69 Å². The molecule has 0 aliphatic carbocycles. The van der Waals surface area contributed by atoms with Crippen molar-refractivity contribution in [2.24, 2.45) is 5.73 Å². The van der Waals surface area contributed by atoms with E-state index >= 15 is 0 Å². The number of furan rings is 1. The first-order valence-corrected chi connectivity index (χ1v) is 6.48. The van der Waals surface area contributed by atoms with Gasteiger partial charge in [-0.1, -0.05) is 6.07 Å². The van der Waals surface area contributed by atoms with Crippen LogP contribution in [-0.2, 0) is 6.61 Å². The number of hydrogen-bond acceptors (Lipinski definition) is 4. The van der Waals surface area contributed by atoms with E-state index < -0.39 is 5.97 Å². The smallest absolute Gasteiger partial charge is 0.371 e. The summed E-state index contributed by atoms with van der Waals surface area (Å²) in [4.78, 5) is 10.7. The molecule has 6 nitrogen and oxygen atoms in total. The highest BCUT2D eigenvalue weighted by Crippen LogP contribution is 2.26. The van der Waals surface area contributed by atoms with Crippen molar-refractivity contribution in [1.82, 2.24) is 0 Å². The first-order valence-electron chi connectivity index (χ1n) is 6.07. The summed E-state index contributed by atoms with van der Waals surface area (Å²) in [5.41, 5.74) is 7.13. The number of aromatic carboxylic acids is 1. The Bertz CT molecular complexity index is 681. The molecule has 1 aromatic carbocycles. The van der Waals surface area contributed by atoms with Crippen LogP contribution in [0.5, 0.6) is 5.75 Å². The number of anilines is 1. The molecule has 0 spiro atoms. The van der Waals surface area contributed by atoms with E-state index in [0.29, 0.717) is 17.2 Å². The van der Waals surface area contributed by atoms with Gasteiger partial charge in [0.15, 0.2) is 5.11 Å². The Morgan fingerprint density at radius 1 is 1.43 bits per heavy atom. The Morgan fingerprint density at radius 3 is 2.81 bits per heavy atom. The van der Waals surface area contributed by atoms with Gasteiger partial charge in [-0.15, -0.1) is 0 Å². The highest BCUT2D eigenvalue weighted by molar-refractivity contribution is 7.80. The number of rotatable bonds is 5. The number of carboxylic acid groups (broad SMARTS) is 1. The SMILES string of the molecule is Cc1ccc(OCc2ccc(C(=O)O)o2)c(NC(N)=S)c1. The normalized spacial score (nSPS) is 10.1. The van der Waals surface area contributed by atoms with Crippen LogP contribution in [0, 0.1) is 6.92 Å². The highest BCUT2D eigenvalue weighted by atomic mass is 32.1. The zero-order valence-electron chi connectivity index (χ0n) is 11.3. The third kappa shape index (κ3) is 3.96. The molecule has 21 heavy (non-hydrogen) atoms. The summed E-state index contributed by atoms with van der Waals surface area (Å²) in [6.07, 6.45) is 0. The lowest BCUT2D eigenvalue weighted by Gasteiger charge is -2.12. The Hall–Kier alpha value is -2.54. The Kier molecular flexibility index (Phi) is 4.44. The van der Waals surface area contributed by atoms with Gasteiger partial charge in [-0.05, 0) is 49.0 Å². The van der Waals surface area contributed by atoms with Crippen molar-refractivity contribution in [3.05, 3.63) is 47.4 Å². The largest absolute Gasteiger partial charge is 0.483 e. The maximum atomic E-state index is 10.7. The van der Waals surface area contributed by atoms with Gasteiger partial charge in [0.1, 0.15) is 18.1 Å². The molecular weight excluding hydrogens is 292 g/mol. The molecule has 7 heteroatoms. The predicted molar refractivity (Wildman–Crippen MR) is 81.6 cm³/mol. The summed E-state index contributed by atoms with van der Waals surface area (Å²) < 4.78 is 10.7. The molecule has 0 amide bonds. The first-order chi connectivity index (χ1) is 9.95. The van der Waals surface area contributed by atoms with Gasteiger partial charge in [-0.25, -0.2) is 4.79 Å². The molecule has 0 saturated heterocycles. The maximum absolute atomic E-state index is 10.7. The number of nitrogens with two attached hydrogens (primary N) is 1. The topological polar surface area (TPSA) is 97.7 Å². The summed E-state index contributed by atoms with van der Waals surface area (Å²) in [7, 11) is 0. The van der Waals surface area contributed by atoms with Crippen molar-refractivity contribution < 1.29 is 19.1 Å². The molecule has 1 heterocycles. The lowest BCUT2D eigenvalue weighted by Crippen LogP contribution is -2.19. The fraction of sp³-hybridized carbons (Fsp3) is 0.143. The van der Waals surface area contributed by atoms with E-state index in [0.717, 1.165) is 5.56 Å². The van der Waals surface area contributed by atoms with Crippen molar-refractivity contribution in [3.63, 3.8) is 0 Å². The van der Waals surface area contributed by atoms with Crippen LogP contribution in [0.3, 0.4) is 0 Å². The standard InChI is InChI=1S/C14H14N2O4S/c1-8-2-4-11(10(6-8)16-14(15)21)19-7-9-3-5-12(20-9)13(17)18/h2-6H,7H2,1H3,(H,17,18)(H3,15,16,21). The van der Waals surface area contributed by atoms with Gasteiger partial charge in [-0.3, -0.25) is 0 Å². The van der Waals surface area contributed by atoms with Gasteiger partial charge in [0.05, 0.1) is 5.69 Å². The van der Waals surface area contributed by atoms with Crippen molar-refractivity contribution in [2.45, 2.75) is 13.5 Å². The Balaban J connectivity index is 2.11. The number of thiocarbonyl (C=S) groups is 1. The third-order valence-electron chi connectivity index (χ3n) is 2.64. The molecule has 0 atom stereocenters. The van der Waals surface area contributed by atoms with Crippen LogP contribution in [-0.4, -0.2) is 16.2 Å². The zero-order valence-corrected chi connectivity index (χ0v) is 12.1. The second-order valence-corrected chi connectivity index (χ2v) is 4.79. The van der Waals surface area contributed by atoms with Gasteiger partial charge in [-0.2, -0.15) is 0 Å². The third-order valence-corrected chi connectivity index (χ3v) is 2.74. The fourth-order valence-electron chi connectivity index (χ4n) is 1.72. The lowest BCUT2D eigenvalue weighted by molar-refractivity contribution is 0.0658. The molecule has 4 N–H and O–H groups in total. The van der Waals surface area contributed by atoms with E-state index in [1.54, 1.807) is 12.1 Å². The average Bonchev–Trinajstić information content (AvgIpc) is 2.86. The van der Waals surface area contributed by atoms with Crippen LogP contribution in [0.2, 0.25) is 0 Å².